The predicted octanol–water partition coefficient (Wildman–Crippen LogP) is 20.5. The van der Waals surface area contributed by atoms with Gasteiger partial charge in [0.15, 0.2) is 5.92 Å². The van der Waals surface area contributed by atoms with Crippen molar-refractivity contribution in [3.05, 3.63) is 329 Å². The molecule has 1 aromatic heterocycles. The fourth-order valence-corrected chi connectivity index (χ4v) is 9.79. The molecule has 4 N–H and O–H groups in total. The summed E-state index contributed by atoms with van der Waals surface area (Å²) in [4.78, 5) is 53.5. The molecule has 608 valence electrons. The number of ether oxygens (including phenoxy) is 5. The van der Waals surface area contributed by atoms with E-state index in [1.54, 1.807) is 113 Å². The molecule has 0 aliphatic rings. The van der Waals surface area contributed by atoms with Gasteiger partial charge in [-0.2, -0.15) is 51.8 Å². The zero-order valence-corrected chi connectivity index (χ0v) is 66.5. The van der Waals surface area contributed by atoms with Crippen LogP contribution < -0.4 is 19.9 Å². The summed E-state index contributed by atoms with van der Waals surface area (Å²) in [6.07, 6.45) is 0.0640. The van der Waals surface area contributed by atoms with Crippen LogP contribution in [0.25, 0.3) is 0 Å². The van der Waals surface area contributed by atoms with E-state index in [1.807, 2.05) is 97.9 Å². The second-order valence-corrected chi connectivity index (χ2v) is 24.3. The number of amides is 1. The first-order chi connectivity index (χ1) is 56.7. The number of hydrogen-bond acceptors (Lipinski definition) is 20. The van der Waals surface area contributed by atoms with E-state index in [9.17, 15) is 65.7 Å². The van der Waals surface area contributed by atoms with Crippen molar-refractivity contribution < 1.29 is 83.8 Å². The first-order valence-electron chi connectivity index (χ1n) is 34.4. The number of aromatic nitrogens is 3. The topological polar surface area (TPSA) is 386 Å². The molecule has 10 aromatic carbocycles. The molecule has 0 saturated heterocycles. The molecule has 0 spiro atoms. The number of hydrogen-bond donors (Lipinski definition) is 3. The first kappa shape index (κ1) is 98.3. The number of primary amides is 1. The van der Waals surface area contributed by atoms with Crippen LogP contribution in [0, 0.1) is 162 Å². The Morgan fingerprint density at radius 1 is 0.429 bits per heavy atom. The number of aryl methyl sites for hydroxylation is 6. The van der Waals surface area contributed by atoms with Crippen molar-refractivity contribution >= 4 is 58.6 Å². The van der Waals surface area contributed by atoms with Gasteiger partial charge in [0.2, 0.25) is 15.9 Å². The third kappa shape index (κ3) is 32.1. The van der Waals surface area contributed by atoms with Gasteiger partial charge in [-0.05, 0) is 214 Å². The van der Waals surface area contributed by atoms with Gasteiger partial charge in [0, 0.05) is 5.56 Å². The van der Waals surface area contributed by atoms with E-state index in [1.165, 1.54) is 45.0 Å². The molecule has 0 saturated carbocycles. The highest BCUT2D eigenvalue weighted by Crippen LogP contribution is 2.35. The Morgan fingerprint density at radius 3 is 1.13 bits per heavy atom. The van der Waals surface area contributed by atoms with Crippen LogP contribution in [-0.4, -0.2) is 62.2 Å². The quantitative estimate of drug-likeness (QED) is 0.0672. The number of carbonyl (C=O) groups is 4. The third-order valence-electron chi connectivity index (χ3n) is 14.9. The van der Waals surface area contributed by atoms with Crippen LogP contribution >= 0.6 is 34.8 Å². The lowest BCUT2D eigenvalue weighted by molar-refractivity contribution is -0.143. The average Bonchev–Trinajstić information content (AvgIpc) is 0.794. The van der Waals surface area contributed by atoms with Gasteiger partial charge in [-0.15, -0.1) is 0 Å². The van der Waals surface area contributed by atoms with Crippen LogP contribution in [0.1, 0.15) is 114 Å². The van der Waals surface area contributed by atoms with Crippen molar-refractivity contribution in [2.24, 2.45) is 5.73 Å². The van der Waals surface area contributed by atoms with Gasteiger partial charge < -0.3 is 39.6 Å². The van der Waals surface area contributed by atoms with Crippen LogP contribution in [0.5, 0.6) is 40.2 Å². The first-order valence-corrected chi connectivity index (χ1v) is 35.5. The predicted molar refractivity (Wildman–Crippen MR) is 425 cm³/mol. The molecule has 1 heterocycles. The Kier molecular flexibility index (Phi) is 42.8. The number of phenolic OH excluding ortho intramolecular Hbond substituents is 1. The molecule has 1 unspecified atom stereocenters. The molecular weight excluding hydrogens is 1610 g/mol. The number of nitrogens with zero attached hydrogens (tertiary/aromatic N) is 10. The van der Waals surface area contributed by atoms with Crippen molar-refractivity contribution in [3.63, 3.8) is 0 Å². The Hall–Kier alpha value is -14.9. The van der Waals surface area contributed by atoms with Crippen LogP contribution in [0.2, 0.25) is 15.9 Å². The second-order valence-electron chi connectivity index (χ2n) is 23.3. The Morgan fingerprint density at radius 2 is 0.782 bits per heavy atom. The van der Waals surface area contributed by atoms with Crippen LogP contribution in [-0.2, 0) is 25.5 Å². The Balaban J connectivity index is 0.000000355. The summed E-state index contributed by atoms with van der Waals surface area (Å²) < 4.78 is 117. The van der Waals surface area contributed by atoms with Gasteiger partial charge in [-0.25, -0.2) is 35.5 Å². The minimum atomic E-state index is -1.59. The maximum Gasteiger partial charge on any atom is 0.341 e. The molecule has 0 aliphatic heterocycles. The van der Waals surface area contributed by atoms with Crippen molar-refractivity contribution in [2.75, 3.05) is 13.2 Å². The zero-order chi connectivity index (χ0) is 88.8. The molecular formula is C87H69Cl3F7N11O11. The van der Waals surface area contributed by atoms with Crippen LogP contribution in [0.4, 0.5) is 30.7 Å². The van der Waals surface area contributed by atoms with Gasteiger partial charge in [-0.3, -0.25) is 14.4 Å². The highest BCUT2D eigenvalue weighted by Gasteiger charge is 2.29. The smallest absolute Gasteiger partial charge is 0.341 e. The van der Waals surface area contributed by atoms with E-state index in [0.717, 1.165) is 29.3 Å². The van der Waals surface area contributed by atoms with E-state index in [4.69, 9.17) is 90.7 Å². The highest BCUT2D eigenvalue weighted by molar-refractivity contribution is 6.33. The van der Waals surface area contributed by atoms with E-state index in [2.05, 4.69) is 37.9 Å². The second kappa shape index (κ2) is 51.8. The zero-order valence-electron chi connectivity index (χ0n) is 64.3. The fraction of sp³-hybridized carbons (Fsp3) is 0.149. The number of halogens is 10. The molecule has 0 aliphatic carbocycles. The lowest BCUT2D eigenvalue weighted by atomic mass is 9.91. The number of para-hydroxylation sites is 4. The molecule has 32 heteroatoms. The maximum absolute atomic E-state index is 13.7. The number of nitriles is 7. The maximum atomic E-state index is 13.7. The number of benzene rings is 10. The molecule has 0 bridgehead atoms. The average molecular weight is 1680 g/mol. The number of esters is 2. The van der Waals surface area contributed by atoms with E-state index < -0.39 is 87.1 Å². The molecule has 119 heavy (non-hydrogen) atoms. The van der Waals surface area contributed by atoms with Gasteiger partial charge in [-0.1, -0.05) is 109 Å². The number of nitrogens with two attached hydrogens (primary N) is 1. The number of carboxylic acid groups (broad SMARTS) is 1. The molecule has 1 atom stereocenters. The van der Waals surface area contributed by atoms with Crippen molar-refractivity contribution in [3.8, 4) is 82.7 Å². The largest absolute Gasteiger partial charge is 0.508 e. The van der Waals surface area contributed by atoms with Crippen LogP contribution in [0.3, 0.4) is 0 Å². The number of carboxylic acids is 1. The molecule has 11 rings (SSSR count). The lowest BCUT2D eigenvalue weighted by Gasteiger charge is -2.16. The summed E-state index contributed by atoms with van der Waals surface area (Å²) in [6.45, 7) is 13.4. The lowest BCUT2D eigenvalue weighted by Crippen LogP contribution is -2.17. The summed E-state index contributed by atoms with van der Waals surface area (Å²) in [7, 11) is 0. The number of phenols is 1. The normalized spacial score (nSPS) is 9.71. The molecule has 0 fully saturated rings. The standard InChI is InChI=1S/C19H16N2O3.C16H12N2O.C14H10FNO.C8H7F2NO.C8H5F2N.C8H6F2O2.C6H6O.C5H7NO2.C3Cl3N3/c1-3-23-19(22)16(12-21)18-13(2)9-10-17(15(18)11-20)24-14-7-5-4-6-8-14;1-12-7-8-16(15(11-18)14(12)9-10-17)19-13-5-3-2-4-6-13;1-10-7-8-13(12(9-16)14(10)15)17-11-5-3-2-4-6-11;1-4-2-3-5(9)6(7(4)10)8(11)12;1-5-2-3-7(9)6(4-11)8(5)10;1-4-2-3-5(9)6(7(4)10)8(11)12;7-6-4-2-1-3-5-6;1-2-8-5(7)3-4-6;4-1-7-2(5)9-3(6)8-1/h4-10,16H,3H2,1-2H3;2-8H,9H2,1H3;2-8H,1H3;2-3H,1H3,(H2,11,12);2-3H,1H3;2-3H,1H3,(H,11,12);1-5,7H;2-3H2,1H3;. The van der Waals surface area contributed by atoms with E-state index in [-0.39, 0.29) is 68.9 Å². The highest BCUT2D eigenvalue weighted by atomic mass is 35.5. The SMILES string of the molecule is CCOC(=O)C(C#N)c1c(C)ccc(Oc2ccccc2)c1C#N.CCOC(=O)CC#N.Cc1ccc(F)c(C#N)c1F.Cc1ccc(F)c(C(=O)O)c1F.Cc1ccc(F)c(C(N)=O)c1F.Cc1ccc(Oc2ccccc2)c(C#N)c1CC#N.Cc1ccc(Oc2ccccc2)c(C#N)c1F.Clc1nc(Cl)nc(Cl)n1.Oc1ccccc1. The molecule has 0 radical (unpaired) electrons. The number of aromatic carboxylic acids is 1. The Bertz CT molecular complexity index is 5510. The van der Waals surface area contributed by atoms with E-state index in [0.29, 0.717) is 63.4 Å². The van der Waals surface area contributed by atoms with Gasteiger partial charge in [0.25, 0.3) is 5.91 Å². The number of aromatic hydroxyl groups is 1. The summed E-state index contributed by atoms with van der Waals surface area (Å²) in [5.41, 5.74) is 6.91. The Labute approximate surface area is 694 Å². The summed E-state index contributed by atoms with van der Waals surface area (Å²) in [5, 5.41) is 79.3. The van der Waals surface area contributed by atoms with Gasteiger partial charge >= 0.3 is 17.9 Å². The third-order valence-corrected chi connectivity index (χ3v) is 15.4. The summed E-state index contributed by atoms with van der Waals surface area (Å²) in [6, 6.07) is 66.1. The molecule has 22 nitrogen and oxygen atoms in total. The number of rotatable bonds is 14. The molecule has 1 amide bonds. The van der Waals surface area contributed by atoms with Gasteiger partial charge in [0.1, 0.15) is 139 Å². The summed E-state index contributed by atoms with van der Waals surface area (Å²) >= 11 is 16.0. The summed E-state index contributed by atoms with van der Waals surface area (Å²) in [5.74, 6) is -7.79. The van der Waals surface area contributed by atoms with E-state index >= 15 is 0 Å². The van der Waals surface area contributed by atoms with Gasteiger partial charge in [0.05, 0.1) is 43.4 Å². The number of carbonyl (C=O) groups excluding carboxylic acids is 3. The minimum Gasteiger partial charge on any atom is -0.508 e. The van der Waals surface area contributed by atoms with Crippen molar-refractivity contribution in [1.82, 2.24) is 15.0 Å². The van der Waals surface area contributed by atoms with Crippen molar-refractivity contribution in [2.45, 2.75) is 74.1 Å². The monoisotopic (exact) mass is 1680 g/mol. The van der Waals surface area contributed by atoms with Crippen molar-refractivity contribution in [1.29, 1.82) is 36.8 Å². The minimum absolute atomic E-state index is 0.000000000000000444. The van der Waals surface area contributed by atoms with Crippen LogP contribution in [0.15, 0.2) is 194 Å². The molecule has 11 aromatic rings. The fourth-order valence-electron chi connectivity index (χ4n) is 9.18.